The van der Waals surface area contributed by atoms with Crippen molar-refractivity contribution in [1.82, 2.24) is 4.90 Å². The van der Waals surface area contributed by atoms with Crippen LogP contribution in [0.25, 0.3) is 11.3 Å². The van der Waals surface area contributed by atoms with E-state index in [0.29, 0.717) is 38.4 Å². The Labute approximate surface area is 228 Å². The first-order chi connectivity index (χ1) is 19.1. The maximum absolute atomic E-state index is 13.1. The number of nitrogens with one attached hydrogen (secondary N) is 2. The van der Waals surface area contributed by atoms with Gasteiger partial charge in [0.1, 0.15) is 0 Å². The van der Waals surface area contributed by atoms with Crippen LogP contribution in [-0.2, 0) is 27.4 Å². The van der Waals surface area contributed by atoms with Crippen molar-refractivity contribution in [2.75, 3.05) is 54.9 Å². The summed E-state index contributed by atoms with van der Waals surface area (Å²) in [4.78, 5) is 28.5. The van der Waals surface area contributed by atoms with Crippen LogP contribution in [0.1, 0.15) is 29.2 Å². The predicted molar refractivity (Wildman–Crippen MR) is 154 cm³/mol. The minimum Gasteiger partial charge on any atom is -0.392 e. The third-order valence-electron chi connectivity index (χ3n) is 7.33. The normalized spacial score (nSPS) is 15.9. The molecule has 0 atom stereocenters. The molecule has 0 bridgehead atoms. The Balaban J connectivity index is 1.44. The molecule has 3 aromatic carbocycles. The Hall–Kier alpha value is -3.98. The van der Waals surface area contributed by atoms with E-state index in [2.05, 4.69) is 21.6 Å². The number of carbonyl (C=O) groups is 2. The van der Waals surface area contributed by atoms with Gasteiger partial charge < -0.3 is 25.4 Å². The third-order valence-corrected chi connectivity index (χ3v) is 7.33. The molecule has 2 aliphatic heterocycles. The van der Waals surface area contributed by atoms with Crippen LogP contribution in [0.2, 0.25) is 0 Å². The molecule has 2 amide bonds. The van der Waals surface area contributed by atoms with Crippen LogP contribution >= 0.6 is 0 Å². The Morgan fingerprint density at radius 3 is 2.56 bits per heavy atom. The molecule has 1 saturated heterocycles. The number of rotatable bonds is 9. The molecule has 3 N–H and O–H groups in total. The minimum atomic E-state index is -0.110. The van der Waals surface area contributed by atoms with Gasteiger partial charge in [0.05, 0.1) is 26.4 Å². The molecule has 0 aliphatic carbocycles. The number of hydrogen-bond acceptors (Lipinski definition) is 6. The highest BCUT2D eigenvalue weighted by atomic mass is 16.5. The van der Waals surface area contributed by atoms with Crippen LogP contribution in [0.4, 0.5) is 17.1 Å². The maximum Gasteiger partial charge on any atom is 0.241 e. The molecule has 0 aromatic heterocycles. The van der Waals surface area contributed by atoms with E-state index in [9.17, 15) is 14.7 Å². The number of nitrogens with zero attached hydrogens (tertiary/aromatic N) is 2. The monoisotopic (exact) mass is 526 g/mol. The van der Waals surface area contributed by atoms with Gasteiger partial charge in [-0.3, -0.25) is 14.5 Å². The quantitative estimate of drug-likeness (QED) is 0.289. The molecule has 39 heavy (non-hydrogen) atoms. The summed E-state index contributed by atoms with van der Waals surface area (Å²) in [5.74, 6) is 0.124. The average Bonchev–Trinajstić information content (AvgIpc) is 3.40. The number of aliphatic hydroxyl groups is 1. The van der Waals surface area contributed by atoms with E-state index in [1.54, 1.807) is 6.07 Å². The van der Waals surface area contributed by atoms with Gasteiger partial charge in [0.2, 0.25) is 12.3 Å². The molecule has 0 unspecified atom stereocenters. The maximum atomic E-state index is 13.1. The van der Waals surface area contributed by atoms with Crippen molar-refractivity contribution in [2.24, 2.45) is 0 Å². The smallest absolute Gasteiger partial charge is 0.241 e. The van der Waals surface area contributed by atoms with Crippen molar-refractivity contribution < 1.29 is 19.4 Å². The molecular weight excluding hydrogens is 492 g/mol. The molecule has 1 fully saturated rings. The van der Waals surface area contributed by atoms with Crippen LogP contribution in [0.15, 0.2) is 66.7 Å². The SMILES string of the molecule is C/C(=C(\Nc1ccc2c(c1)CCN2C(=O)CN1CCOCC1)c1ccccc1)c1ccc(CO)cc1NC=O. The highest BCUT2D eigenvalue weighted by molar-refractivity contribution is 6.00. The highest BCUT2D eigenvalue weighted by Crippen LogP contribution is 2.35. The zero-order valence-electron chi connectivity index (χ0n) is 22.2. The van der Waals surface area contributed by atoms with E-state index in [1.165, 1.54) is 0 Å². The summed E-state index contributed by atoms with van der Waals surface area (Å²) in [6.07, 6.45) is 1.45. The van der Waals surface area contributed by atoms with Gasteiger partial charge in [0.25, 0.3) is 0 Å². The predicted octanol–water partition coefficient (Wildman–Crippen LogP) is 3.97. The summed E-state index contributed by atoms with van der Waals surface area (Å²) in [6.45, 7) is 5.92. The lowest BCUT2D eigenvalue weighted by Gasteiger charge is -2.28. The molecule has 0 spiro atoms. The van der Waals surface area contributed by atoms with Crippen molar-refractivity contribution in [3.63, 3.8) is 0 Å². The van der Waals surface area contributed by atoms with E-state index in [4.69, 9.17) is 4.74 Å². The Kier molecular flexibility index (Phi) is 8.36. The third kappa shape index (κ3) is 6.04. The lowest BCUT2D eigenvalue weighted by atomic mass is 9.97. The molecule has 2 aliphatic rings. The van der Waals surface area contributed by atoms with E-state index in [1.807, 2.05) is 66.4 Å². The Morgan fingerprint density at radius 1 is 1.03 bits per heavy atom. The van der Waals surface area contributed by atoms with Gasteiger partial charge in [-0.15, -0.1) is 0 Å². The van der Waals surface area contributed by atoms with Gasteiger partial charge in [-0.25, -0.2) is 0 Å². The van der Waals surface area contributed by atoms with E-state index < -0.39 is 0 Å². The fourth-order valence-electron chi connectivity index (χ4n) is 5.24. The van der Waals surface area contributed by atoms with Crippen LogP contribution in [0.3, 0.4) is 0 Å². The molecule has 8 heteroatoms. The van der Waals surface area contributed by atoms with Crippen LogP contribution < -0.4 is 15.5 Å². The second kappa shape index (κ2) is 12.3. The molecule has 2 heterocycles. The number of amides is 2. The van der Waals surface area contributed by atoms with E-state index in [0.717, 1.165) is 64.4 Å². The first-order valence-corrected chi connectivity index (χ1v) is 13.3. The van der Waals surface area contributed by atoms with Crippen molar-refractivity contribution in [2.45, 2.75) is 20.0 Å². The summed E-state index contributed by atoms with van der Waals surface area (Å²) in [7, 11) is 0. The molecule has 5 rings (SSSR count). The number of ether oxygens (including phenoxy) is 1. The second-order valence-electron chi connectivity index (χ2n) is 9.82. The van der Waals surface area contributed by atoms with Gasteiger partial charge >= 0.3 is 0 Å². The largest absolute Gasteiger partial charge is 0.392 e. The summed E-state index contributed by atoms with van der Waals surface area (Å²) < 4.78 is 5.41. The zero-order valence-corrected chi connectivity index (χ0v) is 22.2. The van der Waals surface area contributed by atoms with Crippen LogP contribution in [0, 0.1) is 0 Å². The molecule has 0 radical (unpaired) electrons. The first-order valence-electron chi connectivity index (χ1n) is 13.3. The summed E-state index contributed by atoms with van der Waals surface area (Å²) in [5.41, 5.74) is 8.08. The standard InChI is InChI=1S/C31H34N4O4/c1-22(27-9-7-23(20-36)17-28(27)32-21-37)31(24-5-3-2-4-6-24)33-26-8-10-29-25(18-26)11-12-35(29)30(38)19-34-13-15-39-16-14-34/h2-10,17-18,21,33,36H,11-16,19-20H2,1H3,(H,32,37)/b31-22+. The molecule has 202 valence electrons. The summed E-state index contributed by atoms with van der Waals surface area (Å²) >= 11 is 0. The minimum absolute atomic E-state index is 0.110. The van der Waals surface area contributed by atoms with Gasteiger partial charge in [0, 0.05) is 48.0 Å². The average molecular weight is 527 g/mol. The van der Waals surface area contributed by atoms with Gasteiger partial charge in [-0.2, -0.15) is 0 Å². The number of allylic oxidation sites excluding steroid dienone is 1. The van der Waals surface area contributed by atoms with Crippen LogP contribution in [0.5, 0.6) is 0 Å². The van der Waals surface area contributed by atoms with Crippen molar-refractivity contribution in [3.8, 4) is 0 Å². The lowest BCUT2D eigenvalue weighted by Crippen LogP contribution is -2.44. The second-order valence-corrected chi connectivity index (χ2v) is 9.82. The number of fused-ring (bicyclic) bond motifs is 1. The fraction of sp³-hybridized carbons (Fsp3) is 0.290. The van der Waals surface area contributed by atoms with Crippen LogP contribution in [-0.4, -0.2) is 61.7 Å². The molecule has 3 aromatic rings. The van der Waals surface area contributed by atoms with E-state index in [-0.39, 0.29) is 12.5 Å². The van der Waals surface area contributed by atoms with E-state index >= 15 is 0 Å². The topological polar surface area (TPSA) is 94.1 Å². The van der Waals surface area contributed by atoms with Gasteiger partial charge in [-0.05, 0) is 59.9 Å². The fourth-order valence-corrected chi connectivity index (χ4v) is 5.24. The number of anilines is 3. The van der Waals surface area contributed by atoms with Crippen molar-refractivity contribution in [3.05, 3.63) is 89.0 Å². The number of carbonyl (C=O) groups excluding carboxylic acids is 2. The summed E-state index contributed by atoms with van der Waals surface area (Å²) in [5, 5.41) is 16.0. The molecule has 8 nitrogen and oxygen atoms in total. The Morgan fingerprint density at radius 2 is 1.82 bits per heavy atom. The first kappa shape index (κ1) is 26.6. The number of benzene rings is 3. The number of hydrogen-bond donors (Lipinski definition) is 3. The highest BCUT2D eigenvalue weighted by Gasteiger charge is 2.27. The zero-order chi connectivity index (χ0) is 27.2. The van der Waals surface area contributed by atoms with Gasteiger partial charge in [0.15, 0.2) is 0 Å². The Bertz CT molecular complexity index is 1370. The lowest BCUT2D eigenvalue weighted by molar-refractivity contribution is -0.120. The number of aliphatic hydroxyl groups excluding tert-OH is 1. The van der Waals surface area contributed by atoms with Crippen molar-refractivity contribution >= 4 is 40.6 Å². The summed E-state index contributed by atoms with van der Waals surface area (Å²) in [6, 6.07) is 21.7. The van der Waals surface area contributed by atoms with Gasteiger partial charge in [-0.1, -0.05) is 42.5 Å². The number of morpholine rings is 1. The molecular formula is C31H34N4O4. The van der Waals surface area contributed by atoms with Crippen molar-refractivity contribution in [1.29, 1.82) is 0 Å². The molecule has 0 saturated carbocycles.